The number of nitrogens with zero attached hydrogens (tertiary/aromatic N) is 1. The smallest absolute Gasteiger partial charge is 0.412 e. The summed E-state index contributed by atoms with van der Waals surface area (Å²) in [7, 11) is -2.75. The number of benzene rings is 1. The van der Waals surface area contributed by atoms with E-state index in [4.69, 9.17) is 36.4 Å². The molecule has 1 atom stereocenters. The summed E-state index contributed by atoms with van der Waals surface area (Å²) in [5.41, 5.74) is 5.36. The minimum absolute atomic E-state index is 0.164. The molecule has 1 aromatic carbocycles. The highest BCUT2D eigenvalue weighted by Gasteiger charge is 2.24. The number of ether oxygens (including phenoxy) is 2. The van der Waals surface area contributed by atoms with E-state index in [2.05, 4.69) is 5.32 Å². The molecule has 0 saturated carbocycles. The van der Waals surface area contributed by atoms with Gasteiger partial charge in [-0.25, -0.2) is 23.1 Å². The molecule has 0 radical (unpaired) electrons. The number of esters is 1. The van der Waals surface area contributed by atoms with E-state index in [0.717, 1.165) is 6.07 Å². The Morgan fingerprint density at radius 1 is 1.32 bits per heavy atom. The molecule has 170 valence electrons. The number of rotatable bonds is 9. The number of carbonyl (C=O) groups excluding carboxylic acids is 2. The molecule has 2 rings (SSSR count). The van der Waals surface area contributed by atoms with Gasteiger partial charge in [0.15, 0.2) is 0 Å². The van der Waals surface area contributed by atoms with Crippen molar-refractivity contribution < 1.29 is 31.9 Å². The predicted octanol–water partition coefficient (Wildman–Crippen LogP) is 1.72. The number of sulfonamides is 1. The van der Waals surface area contributed by atoms with Gasteiger partial charge < -0.3 is 29.8 Å². The maximum atomic E-state index is 12.7. The highest BCUT2D eigenvalue weighted by Crippen LogP contribution is 2.29. The minimum Gasteiger partial charge on any atom is -0.467 e. The molecule has 5 N–H and O–H groups in total. The van der Waals surface area contributed by atoms with Crippen molar-refractivity contribution >= 4 is 39.4 Å². The van der Waals surface area contributed by atoms with Gasteiger partial charge in [-0.2, -0.15) is 0 Å². The molecule has 1 amide bonds. The first-order chi connectivity index (χ1) is 14.5. The Kier molecular flexibility index (Phi) is 8.28. The van der Waals surface area contributed by atoms with Crippen molar-refractivity contribution in [2.45, 2.75) is 24.7 Å². The number of nitrogens with one attached hydrogen (secondary N) is 1. The van der Waals surface area contributed by atoms with E-state index in [0.29, 0.717) is 5.76 Å². The van der Waals surface area contributed by atoms with Crippen molar-refractivity contribution in [3.05, 3.63) is 46.9 Å². The molecule has 0 saturated heterocycles. The molecular formula is C18H23ClN4O7S. The zero-order valence-corrected chi connectivity index (χ0v) is 18.4. The average Bonchev–Trinajstić information content (AvgIpc) is 3.18. The molecular weight excluding hydrogens is 452 g/mol. The Morgan fingerprint density at radius 3 is 2.61 bits per heavy atom. The molecule has 1 heterocycles. The molecule has 1 aromatic heterocycles. The van der Waals surface area contributed by atoms with Gasteiger partial charge in [-0.1, -0.05) is 11.6 Å². The van der Waals surface area contributed by atoms with E-state index in [1.807, 2.05) is 0 Å². The summed E-state index contributed by atoms with van der Waals surface area (Å²) in [5.74, 6) is -0.415. The molecule has 0 aliphatic rings. The van der Waals surface area contributed by atoms with Crippen molar-refractivity contribution in [1.82, 2.24) is 4.90 Å². The number of hydrogen-bond donors (Lipinski definition) is 3. The van der Waals surface area contributed by atoms with Crippen molar-refractivity contribution in [3.63, 3.8) is 0 Å². The SMILES string of the molecule is CC(OC(=O)c1cc(S(N)(=O)=O)c(Cl)cc1NCc1ccco1)OC(=O)N(C)CCN. The molecule has 1 unspecified atom stereocenters. The number of amides is 1. The lowest BCUT2D eigenvalue weighted by Gasteiger charge is -2.20. The number of hydrogen-bond acceptors (Lipinski definition) is 9. The molecule has 0 bridgehead atoms. The second-order valence-corrected chi connectivity index (χ2v) is 8.31. The number of halogens is 1. The topological polar surface area (TPSA) is 167 Å². The zero-order valence-electron chi connectivity index (χ0n) is 16.8. The van der Waals surface area contributed by atoms with Crippen LogP contribution in [0.5, 0.6) is 0 Å². The number of furan rings is 1. The fourth-order valence-corrected chi connectivity index (χ4v) is 3.54. The Morgan fingerprint density at radius 2 is 2.03 bits per heavy atom. The normalized spacial score (nSPS) is 12.2. The maximum Gasteiger partial charge on any atom is 0.412 e. The van der Waals surface area contributed by atoms with Gasteiger partial charge in [-0.05, 0) is 24.3 Å². The van der Waals surface area contributed by atoms with E-state index in [1.165, 1.54) is 31.2 Å². The van der Waals surface area contributed by atoms with Crippen molar-refractivity contribution in [2.24, 2.45) is 10.9 Å². The fourth-order valence-electron chi connectivity index (χ4n) is 2.44. The van der Waals surface area contributed by atoms with E-state index in [-0.39, 0.29) is 35.9 Å². The van der Waals surface area contributed by atoms with Crippen LogP contribution in [0.4, 0.5) is 10.5 Å². The Hall–Kier alpha value is -2.80. The fraction of sp³-hybridized carbons (Fsp3) is 0.333. The number of anilines is 1. The predicted molar refractivity (Wildman–Crippen MR) is 112 cm³/mol. The van der Waals surface area contributed by atoms with Crippen molar-refractivity contribution in [1.29, 1.82) is 0 Å². The first-order valence-electron chi connectivity index (χ1n) is 8.98. The van der Waals surface area contributed by atoms with Crippen LogP contribution in [0.2, 0.25) is 5.02 Å². The van der Waals surface area contributed by atoms with Gasteiger partial charge in [0.25, 0.3) is 0 Å². The first kappa shape index (κ1) is 24.5. The van der Waals surface area contributed by atoms with Gasteiger partial charge in [0.05, 0.1) is 29.1 Å². The third-order valence-corrected chi connectivity index (χ3v) is 5.32. The van der Waals surface area contributed by atoms with Gasteiger partial charge in [0.2, 0.25) is 16.3 Å². The van der Waals surface area contributed by atoms with Crippen LogP contribution in [0, 0.1) is 0 Å². The van der Waals surface area contributed by atoms with E-state index in [1.54, 1.807) is 12.1 Å². The highest BCUT2D eigenvalue weighted by atomic mass is 35.5. The summed E-state index contributed by atoms with van der Waals surface area (Å²) in [6.45, 7) is 1.98. The standard InChI is InChI=1S/C18H23ClN4O7S/c1-11(30-18(25)23(2)6-5-20)29-17(24)13-8-16(31(21,26)27)14(19)9-15(13)22-10-12-4-3-7-28-12/h3-4,7-9,11,22H,5-6,10,20H2,1-2H3,(H2,21,26,27). The summed E-state index contributed by atoms with van der Waals surface area (Å²) >= 11 is 6.03. The third kappa shape index (κ3) is 6.85. The Bertz CT molecular complexity index is 1030. The lowest BCUT2D eigenvalue weighted by Crippen LogP contribution is -2.35. The van der Waals surface area contributed by atoms with Crippen molar-refractivity contribution in [3.8, 4) is 0 Å². The average molecular weight is 475 g/mol. The molecule has 11 nitrogen and oxygen atoms in total. The second-order valence-electron chi connectivity index (χ2n) is 6.37. The molecule has 0 aliphatic heterocycles. The van der Waals surface area contributed by atoms with Crippen LogP contribution < -0.4 is 16.2 Å². The van der Waals surface area contributed by atoms with Gasteiger partial charge in [-0.15, -0.1) is 0 Å². The first-order valence-corrected chi connectivity index (χ1v) is 10.9. The number of nitrogens with two attached hydrogens (primary N) is 2. The quantitative estimate of drug-likeness (QED) is 0.362. The number of carbonyl (C=O) groups is 2. The summed E-state index contributed by atoms with van der Waals surface area (Å²) in [5, 5.41) is 7.90. The number of likely N-dealkylation sites (N-methyl/N-ethyl adjacent to an activating group) is 1. The van der Waals surface area contributed by atoms with Crippen LogP contribution in [0.3, 0.4) is 0 Å². The van der Waals surface area contributed by atoms with Crippen LogP contribution >= 0.6 is 11.6 Å². The van der Waals surface area contributed by atoms with Gasteiger partial charge in [0.1, 0.15) is 10.7 Å². The third-order valence-electron chi connectivity index (χ3n) is 3.95. The van der Waals surface area contributed by atoms with Crippen LogP contribution in [-0.4, -0.2) is 51.8 Å². The van der Waals surface area contributed by atoms with E-state index < -0.39 is 33.3 Å². The van der Waals surface area contributed by atoms with Gasteiger partial charge in [-0.3, -0.25) is 0 Å². The largest absolute Gasteiger partial charge is 0.467 e. The lowest BCUT2D eigenvalue weighted by molar-refractivity contribution is -0.0676. The monoisotopic (exact) mass is 474 g/mol. The molecule has 0 fully saturated rings. The maximum absolute atomic E-state index is 12.7. The van der Waals surface area contributed by atoms with E-state index >= 15 is 0 Å². The second kappa shape index (κ2) is 10.5. The summed E-state index contributed by atoms with van der Waals surface area (Å²) in [6.07, 6.45) is -0.545. The van der Waals surface area contributed by atoms with Gasteiger partial charge >= 0.3 is 12.1 Å². The number of primary sulfonamides is 1. The van der Waals surface area contributed by atoms with Gasteiger partial charge in [0, 0.05) is 27.1 Å². The summed E-state index contributed by atoms with van der Waals surface area (Å²) in [4.78, 5) is 25.4. The van der Waals surface area contributed by atoms with Crippen molar-refractivity contribution in [2.75, 3.05) is 25.5 Å². The lowest BCUT2D eigenvalue weighted by atomic mass is 10.1. The van der Waals surface area contributed by atoms with Crippen LogP contribution in [0.1, 0.15) is 23.0 Å². The molecule has 31 heavy (non-hydrogen) atoms. The Labute approximate surface area is 184 Å². The summed E-state index contributed by atoms with van der Waals surface area (Å²) in [6, 6.07) is 5.59. The van der Waals surface area contributed by atoms with Crippen LogP contribution in [0.25, 0.3) is 0 Å². The molecule has 0 aliphatic carbocycles. The zero-order chi connectivity index (χ0) is 23.2. The van der Waals surface area contributed by atoms with E-state index in [9.17, 15) is 18.0 Å². The molecule has 0 spiro atoms. The van der Waals surface area contributed by atoms with Crippen LogP contribution in [-0.2, 0) is 26.0 Å². The molecule has 2 aromatic rings. The molecule has 13 heteroatoms. The van der Waals surface area contributed by atoms with Crippen LogP contribution in [0.15, 0.2) is 39.8 Å². The highest BCUT2D eigenvalue weighted by molar-refractivity contribution is 7.89. The Balaban J connectivity index is 2.25. The summed E-state index contributed by atoms with van der Waals surface area (Å²) < 4.78 is 39.0. The minimum atomic E-state index is -4.22.